The van der Waals surface area contributed by atoms with Crippen molar-refractivity contribution in [1.82, 2.24) is 10.2 Å². The Morgan fingerprint density at radius 1 is 1.42 bits per heavy atom. The lowest BCUT2D eigenvalue weighted by molar-refractivity contribution is -0.119. The van der Waals surface area contributed by atoms with Gasteiger partial charge in [0.15, 0.2) is 0 Å². The number of anilines is 1. The molecule has 1 aliphatic carbocycles. The van der Waals surface area contributed by atoms with Crippen molar-refractivity contribution >= 4 is 34.9 Å². The molecular formula is C13H17ClN4O. The molecule has 1 heterocycles. The van der Waals surface area contributed by atoms with Crippen LogP contribution in [0.3, 0.4) is 0 Å². The SMILES string of the molecule is Cl.NC1CCC(C(=O)Nc2ccc3cn[nH]c3c2)C1. The third-order valence-electron chi connectivity index (χ3n) is 3.55. The molecular weight excluding hydrogens is 264 g/mol. The number of nitrogens with two attached hydrogens (primary N) is 1. The van der Waals surface area contributed by atoms with Crippen molar-refractivity contribution in [3.63, 3.8) is 0 Å². The fourth-order valence-corrected chi connectivity index (χ4v) is 2.51. The molecule has 1 aromatic carbocycles. The number of fused-ring (bicyclic) bond motifs is 1. The number of hydrogen-bond donors (Lipinski definition) is 3. The summed E-state index contributed by atoms with van der Waals surface area (Å²) in [7, 11) is 0. The van der Waals surface area contributed by atoms with Crippen LogP contribution >= 0.6 is 12.4 Å². The van der Waals surface area contributed by atoms with E-state index in [-0.39, 0.29) is 30.3 Å². The molecule has 0 radical (unpaired) electrons. The van der Waals surface area contributed by atoms with Crippen molar-refractivity contribution in [2.45, 2.75) is 25.3 Å². The van der Waals surface area contributed by atoms with E-state index in [1.54, 1.807) is 6.20 Å². The largest absolute Gasteiger partial charge is 0.328 e. The van der Waals surface area contributed by atoms with Crippen LogP contribution in [0.4, 0.5) is 5.69 Å². The number of halogens is 1. The number of nitrogens with one attached hydrogen (secondary N) is 2. The summed E-state index contributed by atoms with van der Waals surface area (Å²) in [5, 5.41) is 10.8. The Balaban J connectivity index is 0.00000133. The van der Waals surface area contributed by atoms with Gasteiger partial charge in [0.25, 0.3) is 0 Å². The molecule has 1 saturated carbocycles. The summed E-state index contributed by atoms with van der Waals surface area (Å²) < 4.78 is 0. The molecule has 0 bridgehead atoms. The van der Waals surface area contributed by atoms with Crippen LogP contribution in [0, 0.1) is 5.92 Å². The summed E-state index contributed by atoms with van der Waals surface area (Å²) in [5.74, 6) is 0.124. The Kier molecular flexibility index (Phi) is 4.07. The maximum Gasteiger partial charge on any atom is 0.227 e. The van der Waals surface area contributed by atoms with E-state index < -0.39 is 0 Å². The fourth-order valence-electron chi connectivity index (χ4n) is 2.51. The molecule has 2 atom stereocenters. The predicted octanol–water partition coefficient (Wildman–Crippen LogP) is 2.05. The van der Waals surface area contributed by atoms with Gasteiger partial charge in [-0.1, -0.05) is 0 Å². The quantitative estimate of drug-likeness (QED) is 0.787. The molecule has 0 saturated heterocycles. The van der Waals surface area contributed by atoms with Gasteiger partial charge in [-0.25, -0.2) is 0 Å². The van der Waals surface area contributed by atoms with Crippen molar-refractivity contribution in [1.29, 1.82) is 0 Å². The molecule has 102 valence electrons. The second kappa shape index (κ2) is 5.59. The Morgan fingerprint density at radius 3 is 3.00 bits per heavy atom. The Hall–Kier alpha value is -1.59. The molecule has 3 rings (SSSR count). The summed E-state index contributed by atoms with van der Waals surface area (Å²) >= 11 is 0. The van der Waals surface area contributed by atoms with Gasteiger partial charge < -0.3 is 11.1 Å². The number of amides is 1. The van der Waals surface area contributed by atoms with E-state index in [1.165, 1.54) is 0 Å². The fraction of sp³-hybridized carbons (Fsp3) is 0.385. The molecule has 0 spiro atoms. The highest BCUT2D eigenvalue weighted by atomic mass is 35.5. The zero-order valence-corrected chi connectivity index (χ0v) is 11.2. The van der Waals surface area contributed by atoms with Crippen molar-refractivity contribution < 1.29 is 4.79 Å². The summed E-state index contributed by atoms with van der Waals surface area (Å²) in [6.07, 6.45) is 4.38. The van der Waals surface area contributed by atoms with Crippen LogP contribution in [-0.4, -0.2) is 22.1 Å². The lowest BCUT2D eigenvalue weighted by atomic mass is 10.1. The van der Waals surface area contributed by atoms with Gasteiger partial charge in [0.1, 0.15) is 0 Å². The number of aromatic nitrogens is 2. The monoisotopic (exact) mass is 280 g/mol. The first-order chi connectivity index (χ1) is 8.72. The van der Waals surface area contributed by atoms with Gasteiger partial charge in [0.2, 0.25) is 5.91 Å². The molecule has 1 aromatic heterocycles. The number of aromatic amines is 1. The number of carbonyl (C=O) groups excluding carboxylic acids is 1. The zero-order chi connectivity index (χ0) is 12.5. The molecule has 1 amide bonds. The molecule has 2 aromatic rings. The summed E-state index contributed by atoms with van der Waals surface area (Å²) in [4.78, 5) is 12.0. The molecule has 5 nitrogen and oxygen atoms in total. The van der Waals surface area contributed by atoms with Crippen LogP contribution in [-0.2, 0) is 4.79 Å². The van der Waals surface area contributed by atoms with Crippen LogP contribution in [0.15, 0.2) is 24.4 Å². The standard InChI is InChI=1S/C13H16N4O.ClH/c14-10-3-1-8(5-10)13(18)16-11-4-2-9-7-15-17-12(9)6-11;/h2,4,6-8,10H,1,3,5,14H2,(H,15,17)(H,16,18);1H. The van der Waals surface area contributed by atoms with Gasteiger partial charge in [0.05, 0.1) is 11.7 Å². The molecule has 2 unspecified atom stereocenters. The van der Waals surface area contributed by atoms with Crippen LogP contribution in [0.2, 0.25) is 0 Å². The number of hydrogen-bond acceptors (Lipinski definition) is 3. The van der Waals surface area contributed by atoms with E-state index in [1.807, 2.05) is 18.2 Å². The van der Waals surface area contributed by atoms with Crippen molar-refractivity contribution in [2.75, 3.05) is 5.32 Å². The lowest BCUT2D eigenvalue weighted by Gasteiger charge is -2.10. The van der Waals surface area contributed by atoms with E-state index in [0.717, 1.165) is 35.9 Å². The maximum atomic E-state index is 12.0. The maximum absolute atomic E-state index is 12.0. The Labute approximate surface area is 117 Å². The Bertz CT molecular complexity index is 583. The van der Waals surface area contributed by atoms with Gasteiger partial charge in [-0.2, -0.15) is 5.10 Å². The normalized spacial score (nSPS) is 22.2. The minimum atomic E-state index is 0. The summed E-state index contributed by atoms with van der Waals surface area (Å²) in [6, 6.07) is 5.91. The Morgan fingerprint density at radius 2 is 2.26 bits per heavy atom. The molecule has 1 fully saturated rings. The van der Waals surface area contributed by atoms with Crippen LogP contribution < -0.4 is 11.1 Å². The first-order valence-electron chi connectivity index (χ1n) is 6.22. The smallest absolute Gasteiger partial charge is 0.227 e. The number of rotatable bonds is 2. The topological polar surface area (TPSA) is 83.8 Å². The van der Waals surface area contributed by atoms with Crippen molar-refractivity contribution in [3.05, 3.63) is 24.4 Å². The molecule has 1 aliphatic rings. The van der Waals surface area contributed by atoms with Gasteiger partial charge >= 0.3 is 0 Å². The molecule has 19 heavy (non-hydrogen) atoms. The van der Waals surface area contributed by atoms with Crippen molar-refractivity contribution in [2.24, 2.45) is 11.7 Å². The second-order valence-corrected chi connectivity index (χ2v) is 4.93. The second-order valence-electron chi connectivity index (χ2n) is 4.93. The van der Waals surface area contributed by atoms with Crippen molar-refractivity contribution in [3.8, 4) is 0 Å². The predicted molar refractivity (Wildman–Crippen MR) is 77.3 cm³/mol. The summed E-state index contributed by atoms with van der Waals surface area (Å²) in [5.41, 5.74) is 7.55. The lowest BCUT2D eigenvalue weighted by Crippen LogP contribution is -2.23. The van der Waals surface area contributed by atoms with Crippen LogP contribution in [0.5, 0.6) is 0 Å². The van der Waals surface area contributed by atoms with Crippen LogP contribution in [0.25, 0.3) is 10.9 Å². The van der Waals surface area contributed by atoms with E-state index in [4.69, 9.17) is 5.73 Å². The molecule has 0 aliphatic heterocycles. The minimum Gasteiger partial charge on any atom is -0.328 e. The van der Waals surface area contributed by atoms with E-state index >= 15 is 0 Å². The molecule has 4 N–H and O–H groups in total. The van der Waals surface area contributed by atoms with Gasteiger partial charge in [0, 0.05) is 23.0 Å². The number of H-pyrrole nitrogens is 1. The average Bonchev–Trinajstić information content (AvgIpc) is 2.96. The van der Waals surface area contributed by atoms with E-state index in [0.29, 0.717) is 0 Å². The number of benzene rings is 1. The van der Waals surface area contributed by atoms with Crippen LogP contribution in [0.1, 0.15) is 19.3 Å². The highest BCUT2D eigenvalue weighted by molar-refractivity contribution is 5.95. The zero-order valence-electron chi connectivity index (χ0n) is 10.4. The highest BCUT2D eigenvalue weighted by Gasteiger charge is 2.27. The van der Waals surface area contributed by atoms with E-state index in [9.17, 15) is 4.79 Å². The third-order valence-corrected chi connectivity index (χ3v) is 3.55. The number of nitrogens with zero attached hydrogens (tertiary/aromatic N) is 1. The minimum absolute atomic E-state index is 0. The summed E-state index contributed by atoms with van der Waals surface area (Å²) in [6.45, 7) is 0. The van der Waals surface area contributed by atoms with Gasteiger partial charge in [-0.05, 0) is 37.5 Å². The molecule has 6 heteroatoms. The average molecular weight is 281 g/mol. The first-order valence-corrected chi connectivity index (χ1v) is 6.22. The van der Waals surface area contributed by atoms with Gasteiger partial charge in [-0.3, -0.25) is 9.89 Å². The third kappa shape index (κ3) is 2.88. The van der Waals surface area contributed by atoms with E-state index in [2.05, 4.69) is 15.5 Å². The highest BCUT2D eigenvalue weighted by Crippen LogP contribution is 2.26. The van der Waals surface area contributed by atoms with Gasteiger partial charge in [-0.15, -0.1) is 12.4 Å². The first kappa shape index (κ1) is 13.8. The number of carbonyl (C=O) groups is 1.